The van der Waals surface area contributed by atoms with Crippen LogP contribution >= 0.6 is 0 Å². The fourth-order valence-corrected chi connectivity index (χ4v) is 1.65. The van der Waals surface area contributed by atoms with Gasteiger partial charge >= 0.3 is 0 Å². The fourth-order valence-electron chi connectivity index (χ4n) is 1.65. The summed E-state index contributed by atoms with van der Waals surface area (Å²) >= 11 is 0. The van der Waals surface area contributed by atoms with Gasteiger partial charge in [0.25, 0.3) is 0 Å². The Morgan fingerprint density at radius 2 is 1.93 bits per heavy atom. The number of carbonyl (C=O) groups excluding carboxylic acids is 2. The Hall–Kier alpha value is -0.940. The molecule has 1 aliphatic rings. The largest absolute Gasteiger partial charge is 0.370 e. The molecule has 0 spiro atoms. The number of piperazine rings is 1. The predicted molar refractivity (Wildman–Crippen MR) is 55.6 cm³/mol. The Labute approximate surface area is 90.0 Å². The lowest BCUT2D eigenvalue weighted by atomic mass is 10.3. The summed E-state index contributed by atoms with van der Waals surface area (Å²) in [4.78, 5) is 25.0. The quantitative estimate of drug-likeness (QED) is 0.552. The molecule has 0 aromatic rings. The van der Waals surface area contributed by atoms with Crippen LogP contribution in [0.1, 0.15) is 6.92 Å². The minimum atomic E-state index is -0.335. The first-order valence-electron chi connectivity index (χ1n) is 5.28. The van der Waals surface area contributed by atoms with Gasteiger partial charge in [-0.25, -0.2) is 0 Å². The van der Waals surface area contributed by atoms with Crippen LogP contribution in [0, 0.1) is 0 Å². The van der Waals surface area contributed by atoms with Crippen molar-refractivity contribution in [2.24, 2.45) is 0 Å². The second kappa shape index (κ2) is 6.53. The number of rotatable bonds is 6. The summed E-state index contributed by atoms with van der Waals surface area (Å²) in [6, 6.07) is 0. The van der Waals surface area contributed by atoms with Crippen molar-refractivity contribution in [3.05, 3.63) is 0 Å². The summed E-state index contributed by atoms with van der Waals surface area (Å²) in [6.45, 7) is 6.16. The summed E-state index contributed by atoms with van der Waals surface area (Å²) in [5.74, 6) is 0. The lowest BCUT2D eigenvalue weighted by Gasteiger charge is -2.33. The number of nitrogens with zero attached hydrogens (tertiary/aromatic N) is 2. The highest BCUT2D eigenvalue weighted by Crippen LogP contribution is 2.01. The van der Waals surface area contributed by atoms with E-state index in [9.17, 15) is 9.59 Å². The molecule has 15 heavy (non-hydrogen) atoms. The molecule has 0 aromatic carbocycles. The van der Waals surface area contributed by atoms with Crippen molar-refractivity contribution in [2.75, 3.05) is 39.3 Å². The third-order valence-corrected chi connectivity index (χ3v) is 2.53. The molecule has 0 saturated carbocycles. The van der Waals surface area contributed by atoms with E-state index in [1.807, 2.05) is 6.92 Å². The molecule has 0 radical (unpaired) electrons. The third-order valence-electron chi connectivity index (χ3n) is 2.53. The van der Waals surface area contributed by atoms with Crippen LogP contribution in [0.3, 0.4) is 0 Å². The predicted octanol–water partition coefficient (Wildman–Crippen LogP) is -0.636. The summed E-state index contributed by atoms with van der Waals surface area (Å²) in [5, 5.41) is 0. The first-order chi connectivity index (χ1) is 7.30. The van der Waals surface area contributed by atoms with Gasteiger partial charge in [0.2, 0.25) is 6.41 Å². The second-order valence-corrected chi connectivity index (χ2v) is 3.57. The van der Waals surface area contributed by atoms with Gasteiger partial charge in [-0.1, -0.05) is 0 Å². The van der Waals surface area contributed by atoms with Crippen molar-refractivity contribution in [3.8, 4) is 0 Å². The van der Waals surface area contributed by atoms with Gasteiger partial charge in [0.05, 0.1) is 0 Å². The first-order valence-corrected chi connectivity index (χ1v) is 5.28. The Morgan fingerprint density at radius 3 is 2.40 bits per heavy atom. The van der Waals surface area contributed by atoms with E-state index < -0.39 is 0 Å². The maximum Gasteiger partial charge on any atom is 0.209 e. The standard InChI is InChI=1S/C10H18N2O3/c1-2-15-10(8-13)7-11-3-5-12(9-14)6-4-11/h8-10H,2-7H2,1H3. The maximum absolute atomic E-state index is 10.7. The van der Waals surface area contributed by atoms with Crippen molar-refractivity contribution in [1.29, 1.82) is 0 Å². The number of ether oxygens (including phenoxy) is 1. The van der Waals surface area contributed by atoms with Crippen LogP contribution in [0.4, 0.5) is 0 Å². The molecule has 86 valence electrons. The van der Waals surface area contributed by atoms with E-state index in [1.54, 1.807) is 4.90 Å². The van der Waals surface area contributed by atoms with Gasteiger partial charge in [0.1, 0.15) is 12.4 Å². The molecule has 1 amide bonds. The Kier molecular flexibility index (Phi) is 5.28. The van der Waals surface area contributed by atoms with Crippen molar-refractivity contribution < 1.29 is 14.3 Å². The van der Waals surface area contributed by atoms with Gasteiger partial charge in [-0.05, 0) is 6.92 Å². The molecule has 1 heterocycles. The number of carbonyl (C=O) groups is 2. The molecule has 1 rings (SSSR count). The molecule has 0 bridgehead atoms. The molecule has 1 atom stereocenters. The van der Waals surface area contributed by atoms with Gasteiger partial charge in [-0.2, -0.15) is 0 Å². The van der Waals surface area contributed by atoms with Gasteiger partial charge in [-0.3, -0.25) is 9.69 Å². The van der Waals surface area contributed by atoms with E-state index in [0.29, 0.717) is 13.2 Å². The molecular formula is C10H18N2O3. The van der Waals surface area contributed by atoms with Crippen LogP contribution in [0.5, 0.6) is 0 Å². The highest BCUT2D eigenvalue weighted by molar-refractivity contribution is 5.56. The highest BCUT2D eigenvalue weighted by Gasteiger charge is 2.18. The zero-order chi connectivity index (χ0) is 11.1. The molecule has 1 unspecified atom stereocenters. The van der Waals surface area contributed by atoms with Gasteiger partial charge in [0.15, 0.2) is 0 Å². The minimum Gasteiger partial charge on any atom is -0.370 e. The topological polar surface area (TPSA) is 49.9 Å². The minimum absolute atomic E-state index is 0.335. The van der Waals surface area contributed by atoms with Crippen molar-refractivity contribution in [1.82, 2.24) is 9.80 Å². The smallest absolute Gasteiger partial charge is 0.209 e. The molecule has 1 saturated heterocycles. The van der Waals surface area contributed by atoms with Gasteiger partial charge in [0, 0.05) is 39.3 Å². The molecule has 0 aromatic heterocycles. The molecule has 5 heteroatoms. The summed E-state index contributed by atoms with van der Waals surface area (Å²) in [7, 11) is 0. The van der Waals surface area contributed by atoms with Crippen molar-refractivity contribution in [2.45, 2.75) is 13.0 Å². The number of hydrogen-bond donors (Lipinski definition) is 0. The van der Waals surface area contributed by atoms with Crippen molar-refractivity contribution >= 4 is 12.7 Å². The first kappa shape index (κ1) is 12.1. The van der Waals surface area contributed by atoms with Crippen LogP contribution in [-0.2, 0) is 14.3 Å². The summed E-state index contributed by atoms with van der Waals surface area (Å²) in [6.07, 6.45) is 1.38. The molecule has 0 N–H and O–H groups in total. The summed E-state index contributed by atoms with van der Waals surface area (Å²) < 4.78 is 5.25. The average Bonchev–Trinajstić information content (AvgIpc) is 2.29. The lowest BCUT2D eigenvalue weighted by molar-refractivity contribution is -0.122. The number of amides is 1. The van der Waals surface area contributed by atoms with Crippen LogP contribution in [0.15, 0.2) is 0 Å². The second-order valence-electron chi connectivity index (χ2n) is 3.57. The zero-order valence-corrected chi connectivity index (χ0v) is 9.09. The van der Waals surface area contributed by atoms with Crippen molar-refractivity contribution in [3.63, 3.8) is 0 Å². The highest BCUT2D eigenvalue weighted by atomic mass is 16.5. The van der Waals surface area contributed by atoms with E-state index in [-0.39, 0.29) is 6.10 Å². The number of hydrogen-bond acceptors (Lipinski definition) is 4. The Bertz CT molecular complexity index is 203. The molecule has 0 aliphatic carbocycles. The average molecular weight is 214 g/mol. The van der Waals surface area contributed by atoms with Crippen LogP contribution in [0.25, 0.3) is 0 Å². The Balaban J connectivity index is 2.27. The van der Waals surface area contributed by atoms with E-state index in [4.69, 9.17) is 4.74 Å². The van der Waals surface area contributed by atoms with Gasteiger partial charge < -0.3 is 14.4 Å². The summed E-state index contributed by atoms with van der Waals surface area (Å²) in [5.41, 5.74) is 0. The van der Waals surface area contributed by atoms with Gasteiger partial charge in [-0.15, -0.1) is 0 Å². The molecular weight excluding hydrogens is 196 g/mol. The SMILES string of the molecule is CCOC(C=O)CN1CCN(C=O)CC1. The van der Waals surface area contributed by atoms with E-state index in [2.05, 4.69) is 4.90 Å². The van der Waals surface area contributed by atoms with E-state index >= 15 is 0 Å². The van der Waals surface area contributed by atoms with Crippen LogP contribution in [0.2, 0.25) is 0 Å². The van der Waals surface area contributed by atoms with Crippen LogP contribution in [-0.4, -0.2) is 67.9 Å². The third kappa shape index (κ3) is 3.97. The number of aldehydes is 1. The molecule has 5 nitrogen and oxygen atoms in total. The van der Waals surface area contributed by atoms with E-state index in [1.165, 1.54) is 0 Å². The van der Waals surface area contributed by atoms with E-state index in [0.717, 1.165) is 38.9 Å². The lowest BCUT2D eigenvalue weighted by Crippen LogP contribution is -2.48. The zero-order valence-electron chi connectivity index (χ0n) is 9.09. The van der Waals surface area contributed by atoms with Crippen LogP contribution < -0.4 is 0 Å². The Morgan fingerprint density at radius 1 is 1.27 bits per heavy atom. The molecule has 1 aliphatic heterocycles. The molecule has 1 fully saturated rings. The maximum atomic E-state index is 10.7. The normalized spacial score (nSPS) is 19.9. The monoisotopic (exact) mass is 214 g/mol. The fraction of sp³-hybridized carbons (Fsp3) is 0.800.